The highest BCUT2D eigenvalue weighted by atomic mass is 35.5. The van der Waals surface area contributed by atoms with Gasteiger partial charge in [-0.3, -0.25) is 14.4 Å². The maximum atomic E-state index is 14.9. The quantitative estimate of drug-likeness (QED) is 0.160. The van der Waals surface area contributed by atoms with Crippen LogP contribution in [0.15, 0.2) is 46.9 Å². The summed E-state index contributed by atoms with van der Waals surface area (Å²) >= 11 is 6.66. The van der Waals surface area contributed by atoms with Gasteiger partial charge in [0.2, 0.25) is 28.8 Å². The number of carbonyl (C=O) groups is 3. The van der Waals surface area contributed by atoms with Gasteiger partial charge in [0, 0.05) is 36.1 Å². The highest BCUT2D eigenvalue weighted by Gasteiger charge is 2.63. The predicted octanol–water partition coefficient (Wildman–Crippen LogP) is 6.00. The first-order valence-electron chi connectivity index (χ1n) is 17.1. The molecule has 1 amide bonds. The van der Waals surface area contributed by atoms with Gasteiger partial charge in [-0.1, -0.05) is 18.5 Å². The maximum Gasteiger partial charge on any atom is 0.237 e. The smallest absolute Gasteiger partial charge is 0.237 e. The molecular formula is C40H43ClN2O11. The Morgan fingerprint density at radius 2 is 1.48 bits per heavy atom. The Bertz CT molecular complexity index is 2080. The summed E-state index contributed by atoms with van der Waals surface area (Å²) in [5, 5.41) is 3.08. The summed E-state index contributed by atoms with van der Waals surface area (Å²) in [6.45, 7) is 1.93. The van der Waals surface area contributed by atoms with Crippen molar-refractivity contribution in [1.82, 2.24) is 10.2 Å². The molecule has 1 aromatic heterocycles. The van der Waals surface area contributed by atoms with E-state index in [4.69, 9.17) is 49.2 Å². The molecule has 0 bridgehead atoms. The Kier molecular flexibility index (Phi) is 10.8. The minimum Gasteiger partial charge on any atom is -0.497 e. The van der Waals surface area contributed by atoms with Crippen molar-refractivity contribution in [3.05, 3.63) is 75.5 Å². The summed E-state index contributed by atoms with van der Waals surface area (Å²) in [6.07, 6.45) is -0.0860. The molecule has 2 heterocycles. The molecule has 1 N–H and O–H groups in total. The van der Waals surface area contributed by atoms with Crippen LogP contribution >= 0.6 is 11.6 Å². The monoisotopic (exact) mass is 762 g/mol. The molecule has 0 saturated carbocycles. The van der Waals surface area contributed by atoms with Crippen molar-refractivity contribution in [2.24, 2.45) is 5.92 Å². The van der Waals surface area contributed by atoms with Gasteiger partial charge in [-0.25, -0.2) is 0 Å². The zero-order valence-electron chi connectivity index (χ0n) is 31.6. The van der Waals surface area contributed by atoms with Crippen LogP contribution in [0, 0.1) is 5.92 Å². The van der Waals surface area contributed by atoms with Crippen LogP contribution in [0.5, 0.6) is 40.2 Å². The number of methoxy groups -OCH3 is 6. The second-order valence-electron chi connectivity index (χ2n) is 13.3. The fraction of sp³-hybridized carbons (Fsp3) is 0.375. The first kappa shape index (κ1) is 38.3. The average molecular weight is 763 g/mol. The fourth-order valence-electron chi connectivity index (χ4n) is 7.30. The van der Waals surface area contributed by atoms with Crippen LogP contribution in [0.25, 0.3) is 11.3 Å². The third-order valence-corrected chi connectivity index (χ3v) is 10.5. The van der Waals surface area contributed by atoms with E-state index in [2.05, 4.69) is 5.32 Å². The van der Waals surface area contributed by atoms with Crippen LogP contribution in [0.3, 0.4) is 0 Å². The van der Waals surface area contributed by atoms with Crippen molar-refractivity contribution in [3.63, 3.8) is 0 Å². The lowest BCUT2D eigenvalue weighted by Crippen LogP contribution is -2.56. The first-order valence-corrected chi connectivity index (χ1v) is 17.5. The molecule has 4 aromatic rings. The highest BCUT2D eigenvalue weighted by molar-refractivity contribution is 6.36. The number of benzene rings is 3. The largest absolute Gasteiger partial charge is 0.497 e. The minimum atomic E-state index is -1.99. The van der Waals surface area contributed by atoms with Crippen molar-refractivity contribution < 1.29 is 52.0 Å². The number of rotatable bonds is 13. The van der Waals surface area contributed by atoms with Gasteiger partial charge in [-0.05, 0) is 56.1 Å². The summed E-state index contributed by atoms with van der Waals surface area (Å²) in [5.74, 6) is 0.773. The van der Waals surface area contributed by atoms with Gasteiger partial charge < -0.3 is 47.8 Å². The second kappa shape index (κ2) is 15.2. The molecule has 2 aliphatic rings. The standard InChI is InChI=1S/C40H43ClN2O11/c1-20-14-27-32(38(45)40(20)39(46)33-26(48-5)18-28(49-6)34(41)37(33)54-40)24(35(53-27)21-10-12-23(47-4)13-11-21)17-31(44)42-19-25(43(2)3)22-15-29(50-7)36(52-9)30(16-22)51-8/h10-13,15-16,18,20,25H,14,17,19H2,1-9H3,(H,42,44). The molecule has 0 saturated heterocycles. The van der Waals surface area contributed by atoms with E-state index in [1.54, 1.807) is 38.3 Å². The summed E-state index contributed by atoms with van der Waals surface area (Å²) in [5.41, 5.74) is -0.0862. The molecule has 0 fully saturated rings. The van der Waals surface area contributed by atoms with Gasteiger partial charge >= 0.3 is 0 Å². The fourth-order valence-corrected chi connectivity index (χ4v) is 7.57. The number of halogens is 1. The Morgan fingerprint density at radius 1 is 0.870 bits per heavy atom. The normalized spacial score (nSPS) is 17.8. The lowest BCUT2D eigenvalue weighted by molar-refractivity contribution is -0.120. The van der Waals surface area contributed by atoms with Crippen molar-refractivity contribution in [2.45, 2.75) is 31.4 Å². The van der Waals surface area contributed by atoms with Crippen LogP contribution in [0.1, 0.15) is 50.6 Å². The summed E-state index contributed by atoms with van der Waals surface area (Å²) in [7, 11) is 12.8. The van der Waals surface area contributed by atoms with E-state index in [9.17, 15) is 14.4 Å². The number of furan rings is 1. The van der Waals surface area contributed by atoms with E-state index in [-0.39, 0.29) is 64.7 Å². The van der Waals surface area contributed by atoms with E-state index in [1.165, 1.54) is 41.6 Å². The first-order chi connectivity index (χ1) is 25.9. The molecule has 1 aliphatic carbocycles. The molecule has 3 atom stereocenters. The molecule has 14 heteroatoms. The number of hydrogen-bond donors (Lipinski definition) is 1. The van der Waals surface area contributed by atoms with E-state index in [1.807, 2.05) is 31.1 Å². The van der Waals surface area contributed by atoms with Gasteiger partial charge in [0.25, 0.3) is 0 Å². The molecule has 6 rings (SSSR count). The van der Waals surface area contributed by atoms with Crippen LogP contribution in [0.2, 0.25) is 5.02 Å². The number of nitrogens with one attached hydrogen (secondary N) is 1. The minimum absolute atomic E-state index is 0.00111. The number of fused-ring (bicyclic) bond motifs is 2. The molecule has 3 aromatic carbocycles. The number of nitrogens with zero attached hydrogens (tertiary/aromatic N) is 1. The Labute approximate surface area is 318 Å². The van der Waals surface area contributed by atoms with Gasteiger partial charge in [0.05, 0.1) is 60.7 Å². The maximum absolute atomic E-state index is 14.9. The zero-order valence-corrected chi connectivity index (χ0v) is 32.4. The Morgan fingerprint density at radius 3 is 2.04 bits per heavy atom. The third kappa shape index (κ3) is 6.24. The zero-order chi connectivity index (χ0) is 39.1. The molecule has 0 radical (unpaired) electrons. The lowest BCUT2D eigenvalue weighted by atomic mass is 9.70. The third-order valence-electron chi connectivity index (χ3n) is 10.1. The van der Waals surface area contributed by atoms with Gasteiger partial charge in [-0.15, -0.1) is 0 Å². The SMILES string of the molecule is COc1ccc(-c2oc3c(c2CC(=O)NCC(c2cc(OC)c(OC)c(OC)c2)N(C)C)C(=O)C2(Oc4c(Cl)c(OC)cc(OC)c4C2=O)C(C)C3)cc1. The topological polar surface area (TPSA) is 144 Å². The Hall–Kier alpha value is -5.40. The highest BCUT2D eigenvalue weighted by Crippen LogP contribution is 2.54. The van der Waals surface area contributed by atoms with E-state index in [0.717, 1.165) is 5.56 Å². The number of likely N-dealkylation sites (N-methyl/N-ethyl adjacent to an activating group) is 1. The predicted molar refractivity (Wildman–Crippen MR) is 199 cm³/mol. The van der Waals surface area contributed by atoms with E-state index in [0.29, 0.717) is 45.6 Å². The van der Waals surface area contributed by atoms with Gasteiger partial charge in [0.15, 0.2) is 17.2 Å². The van der Waals surface area contributed by atoms with Crippen LogP contribution in [0.4, 0.5) is 0 Å². The number of Topliss-reactive ketones (excluding diaryl/α,β-unsaturated/α-hetero) is 2. The number of carbonyl (C=O) groups excluding carboxylic acids is 3. The molecule has 13 nitrogen and oxygen atoms in total. The van der Waals surface area contributed by atoms with Crippen LogP contribution in [-0.4, -0.2) is 91.3 Å². The summed E-state index contributed by atoms with van der Waals surface area (Å²) in [4.78, 5) is 45.3. The molecule has 1 aliphatic heterocycles. The second-order valence-corrected chi connectivity index (χ2v) is 13.6. The van der Waals surface area contributed by atoms with Crippen molar-refractivity contribution in [3.8, 4) is 51.6 Å². The van der Waals surface area contributed by atoms with Crippen LogP contribution < -0.4 is 38.5 Å². The number of ketones is 2. The average Bonchev–Trinajstić information content (AvgIpc) is 3.69. The molecule has 3 unspecified atom stereocenters. The molecule has 54 heavy (non-hydrogen) atoms. The summed E-state index contributed by atoms with van der Waals surface area (Å²) < 4.78 is 45.7. The van der Waals surface area contributed by atoms with E-state index < -0.39 is 23.1 Å². The number of amides is 1. The number of hydrogen-bond acceptors (Lipinski definition) is 12. The van der Waals surface area contributed by atoms with Gasteiger partial charge in [-0.2, -0.15) is 0 Å². The Balaban J connectivity index is 1.39. The number of ether oxygens (including phenoxy) is 7. The van der Waals surface area contributed by atoms with Crippen molar-refractivity contribution >= 4 is 29.1 Å². The van der Waals surface area contributed by atoms with Crippen LogP contribution in [-0.2, 0) is 17.6 Å². The molecule has 1 spiro atoms. The van der Waals surface area contributed by atoms with Crippen molar-refractivity contribution in [1.29, 1.82) is 0 Å². The van der Waals surface area contributed by atoms with Crippen molar-refractivity contribution in [2.75, 3.05) is 63.3 Å². The van der Waals surface area contributed by atoms with Gasteiger partial charge in [0.1, 0.15) is 39.4 Å². The molecular weight excluding hydrogens is 720 g/mol. The molecule has 286 valence electrons. The lowest BCUT2D eigenvalue weighted by Gasteiger charge is -2.35. The van der Waals surface area contributed by atoms with E-state index >= 15 is 0 Å². The summed E-state index contributed by atoms with van der Waals surface area (Å²) in [6, 6.07) is 11.9.